The zero-order valence-electron chi connectivity index (χ0n) is 14.4. The maximum absolute atomic E-state index is 12.3. The number of rotatable bonds is 6. The molecule has 1 heterocycles. The molecule has 0 aliphatic heterocycles. The fourth-order valence-corrected chi connectivity index (χ4v) is 2.26. The molecule has 0 bridgehead atoms. The molecule has 0 aliphatic carbocycles. The van der Waals surface area contributed by atoms with Crippen molar-refractivity contribution in [1.82, 2.24) is 4.98 Å². The number of benzene rings is 1. The van der Waals surface area contributed by atoms with Crippen molar-refractivity contribution in [3.8, 4) is 17.0 Å². The summed E-state index contributed by atoms with van der Waals surface area (Å²) in [4.78, 5) is 28.7. The second kappa shape index (κ2) is 8.14. The maximum Gasteiger partial charge on any atom is 0.342 e. The first kappa shape index (κ1) is 18.3. The standard InChI is InChI=1S/C18H20N2O5/c1-4-24-17(21)13-10-14(11-6-8-12(23-3)9-7-11)20-16(19)15(13)18(22)25-5-2/h6-10H,4-5H2,1-3H3,(H2,19,20). The molecule has 0 fully saturated rings. The van der Waals surface area contributed by atoms with Gasteiger partial charge in [-0.1, -0.05) is 0 Å². The molecule has 0 atom stereocenters. The minimum absolute atomic E-state index is 0.0265. The van der Waals surface area contributed by atoms with Gasteiger partial charge in [-0.05, 0) is 44.2 Å². The van der Waals surface area contributed by atoms with Crippen molar-refractivity contribution in [1.29, 1.82) is 0 Å². The van der Waals surface area contributed by atoms with Gasteiger partial charge in [0, 0.05) is 5.56 Å². The summed E-state index contributed by atoms with van der Waals surface area (Å²) in [6.07, 6.45) is 0. The molecule has 1 aromatic heterocycles. The zero-order chi connectivity index (χ0) is 18.4. The Morgan fingerprint density at radius 2 is 1.64 bits per heavy atom. The largest absolute Gasteiger partial charge is 0.497 e. The minimum Gasteiger partial charge on any atom is -0.497 e. The van der Waals surface area contributed by atoms with Gasteiger partial charge in [0.25, 0.3) is 0 Å². The molecule has 7 heteroatoms. The quantitative estimate of drug-likeness (QED) is 0.804. The SMILES string of the molecule is CCOC(=O)c1cc(-c2ccc(OC)cc2)nc(N)c1C(=O)OCC. The monoisotopic (exact) mass is 344 g/mol. The maximum atomic E-state index is 12.3. The van der Waals surface area contributed by atoms with Crippen LogP contribution in [-0.4, -0.2) is 37.2 Å². The number of nitrogens with two attached hydrogens (primary N) is 1. The van der Waals surface area contributed by atoms with E-state index in [1.54, 1.807) is 45.2 Å². The Morgan fingerprint density at radius 3 is 2.20 bits per heavy atom. The van der Waals surface area contributed by atoms with Crippen LogP contribution in [0.25, 0.3) is 11.3 Å². The molecular weight excluding hydrogens is 324 g/mol. The van der Waals surface area contributed by atoms with Crippen LogP contribution in [0.2, 0.25) is 0 Å². The molecule has 0 radical (unpaired) electrons. The third-order valence-electron chi connectivity index (χ3n) is 3.41. The van der Waals surface area contributed by atoms with Gasteiger partial charge < -0.3 is 19.9 Å². The number of hydrogen-bond donors (Lipinski definition) is 1. The molecular formula is C18H20N2O5. The summed E-state index contributed by atoms with van der Waals surface area (Å²) >= 11 is 0. The van der Waals surface area contributed by atoms with Crippen molar-refractivity contribution in [3.05, 3.63) is 41.5 Å². The number of carbonyl (C=O) groups excluding carboxylic acids is 2. The fraction of sp³-hybridized carbons (Fsp3) is 0.278. The fourth-order valence-electron chi connectivity index (χ4n) is 2.26. The van der Waals surface area contributed by atoms with Crippen molar-refractivity contribution >= 4 is 17.8 Å². The van der Waals surface area contributed by atoms with Gasteiger partial charge in [0.2, 0.25) is 0 Å². The van der Waals surface area contributed by atoms with Crippen molar-refractivity contribution in [2.24, 2.45) is 0 Å². The smallest absolute Gasteiger partial charge is 0.342 e. The lowest BCUT2D eigenvalue weighted by Crippen LogP contribution is -2.17. The Morgan fingerprint density at radius 1 is 1.04 bits per heavy atom. The van der Waals surface area contributed by atoms with Gasteiger partial charge in [-0.2, -0.15) is 0 Å². The van der Waals surface area contributed by atoms with Crippen LogP contribution in [0.15, 0.2) is 30.3 Å². The lowest BCUT2D eigenvalue weighted by Gasteiger charge is -2.13. The van der Waals surface area contributed by atoms with E-state index in [0.29, 0.717) is 17.0 Å². The summed E-state index contributed by atoms with van der Waals surface area (Å²) in [5, 5.41) is 0. The summed E-state index contributed by atoms with van der Waals surface area (Å²) in [5.74, 6) is -0.772. The lowest BCUT2D eigenvalue weighted by atomic mass is 10.0. The van der Waals surface area contributed by atoms with Crippen LogP contribution in [0, 0.1) is 0 Å². The third-order valence-corrected chi connectivity index (χ3v) is 3.41. The number of hydrogen-bond acceptors (Lipinski definition) is 7. The van der Waals surface area contributed by atoms with E-state index in [4.69, 9.17) is 19.9 Å². The highest BCUT2D eigenvalue weighted by atomic mass is 16.5. The predicted octanol–water partition coefficient (Wildman–Crippen LogP) is 2.69. The molecule has 0 amide bonds. The Kier molecular flexibility index (Phi) is 5.94. The van der Waals surface area contributed by atoms with E-state index in [1.807, 2.05) is 0 Å². The van der Waals surface area contributed by atoms with Crippen LogP contribution < -0.4 is 10.5 Å². The van der Waals surface area contributed by atoms with E-state index < -0.39 is 11.9 Å². The summed E-state index contributed by atoms with van der Waals surface area (Å²) < 4.78 is 15.1. The summed E-state index contributed by atoms with van der Waals surface area (Å²) in [5.41, 5.74) is 7.03. The number of esters is 2. The number of pyridine rings is 1. The highest BCUT2D eigenvalue weighted by Crippen LogP contribution is 2.27. The summed E-state index contributed by atoms with van der Waals surface area (Å²) in [6.45, 7) is 3.66. The molecule has 2 N–H and O–H groups in total. The van der Waals surface area contributed by atoms with Crippen LogP contribution in [0.4, 0.5) is 5.82 Å². The van der Waals surface area contributed by atoms with Gasteiger partial charge >= 0.3 is 11.9 Å². The van der Waals surface area contributed by atoms with Gasteiger partial charge in [-0.3, -0.25) is 0 Å². The van der Waals surface area contributed by atoms with E-state index in [-0.39, 0.29) is 30.2 Å². The number of carbonyl (C=O) groups is 2. The first-order chi connectivity index (χ1) is 12.0. The van der Waals surface area contributed by atoms with E-state index >= 15 is 0 Å². The molecule has 0 saturated carbocycles. The van der Waals surface area contributed by atoms with Crippen molar-refractivity contribution in [2.75, 3.05) is 26.1 Å². The number of nitrogens with zero attached hydrogens (tertiary/aromatic N) is 1. The summed E-state index contributed by atoms with van der Waals surface area (Å²) in [7, 11) is 1.57. The number of methoxy groups -OCH3 is 1. The third kappa shape index (κ3) is 4.06. The lowest BCUT2D eigenvalue weighted by molar-refractivity contribution is 0.0479. The number of nitrogen functional groups attached to an aromatic ring is 1. The van der Waals surface area contributed by atoms with Crippen LogP contribution in [0.3, 0.4) is 0 Å². The first-order valence-corrected chi connectivity index (χ1v) is 7.81. The minimum atomic E-state index is -0.711. The molecule has 0 saturated heterocycles. The highest BCUT2D eigenvalue weighted by molar-refractivity contribution is 6.07. The topological polar surface area (TPSA) is 101 Å². The van der Waals surface area contributed by atoms with Gasteiger partial charge in [0.15, 0.2) is 0 Å². The second-order valence-electron chi connectivity index (χ2n) is 4.98. The second-order valence-corrected chi connectivity index (χ2v) is 4.98. The van der Waals surface area contributed by atoms with E-state index in [9.17, 15) is 9.59 Å². The van der Waals surface area contributed by atoms with Gasteiger partial charge in [-0.15, -0.1) is 0 Å². The molecule has 2 rings (SSSR count). The van der Waals surface area contributed by atoms with Crippen molar-refractivity contribution < 1.29 is 23.8 Å². The molecule has 0 unspecified atom stereocenters. The molecule has 2 aromatic rings. The summed E-state index contributed by atoms with van der Waals surface area (Å²) in [6, 6.07) is 8.55. The number of anilines is 1. The molecule has 25 heavy (non-hydrogen) atoms. The molecule has 0 aliphatic rings. The van der Waals surface area contributed by atoms with Gasteiger partial charge in [-0.25, -0.2) is 14.6 Å². The molecule has 0 spiro atoms. The van der Waals surface area contributed by atoms with Crippen LogP contribution in [0.1, 0.15) is 34.6 Å². The number of ether oxygens (including phenoxy) is 3. The Labute approximate surface area is 145 Å². The predicted molar refractivity (Wildman–Crippen MR) is 92.6 cm³/mol. The van der Waals surface area contributed by atoms with Crippen LogP contribution >= 0.6 is 0 Å². The van der Waals surface area contributed by atoms with Crippen molar-refractivity contribution in [2.45, 2.75) is 13.8 Å². The molecule has 7 nitrogen and oxygen atoms in total. The average Bonchev–Trinajstić information content (AvgIpc) is 2.61. The first-order valence-electron chi connectivity index (χ1n) is 7.81. The van der Waals surface area contributed by atoms with E-state index in [1.165, 1.54) is 6.07 Å². The Bertz CT molecular complexity index is 772. The highest BCUT2D eigenvalue weighted by Gasteiger charge is 2.24. The zero-order valence-corrected chi connectivity index (χ0v) is 14.4. The van der Waals surface area contributed by atoms with Gasteiger partial charge in [0.1, 0.15) is 17.1 Å². The van der Waals surface area contributed by atoms with Gasteiger partial charge in [0.05, 0.1) is 31.6 Å². The van der Waals surface area contributed by atoms with E-state index in [2.05, 4.69) is 4.98 Å². The molecule has 1 aromatic carbocycles. The number of aromatic nitrogens is 1. The Balaban J connectivity index is 2.56. The average molecular weight is 344 g/mol. The van der Waals surface area contributed by atoms with Crippen LogP contribution in [-0.2, 0) is 9.47 Å². The van der Waals surface area contributed by atoms with Crippen molar-refractivity contribution in [3.63, 3.8) is 0 Å². The molecule has 132 valence electrons. The normalized spacial score (nSPS) is 10.2. The van der Waals surface area contributed by atoms with Crippen LogP contribution in [0.5, 0.6) is 5.75 Å². The Hall–Kier alpha value is -3.09. The van der Waals surface area contributed by atoms with E-state index in [0.717, 1.165) is 0 Å².